The van der Waals surface area contributed by atoms with Crippen molar-refractivity contribution in [2.45, 2.75) is 6.92 Å². The molecular formula is C21H17N5O3. The predicted octanol–water partition coefficient (Wildman–Crippen LogP) is 3.14. The highest BCUT2D eigenvalue weighted by Gasteiger charge is 2.19. The van der Waals surface area contributed by atoms with E-state index in [4.69, 9.17) is 4.74 Å². The largest absolute Gasteiger partial charge is 0.465 e. The van der Waals surface area contributed by atoms with Crippen LogP contribution in [0.25, 0.3) is 17.0 Å². The number of anilines is 1. The quantitative estimate of drug-likeness (QED) is 0.540. The Bertz CT molecular complexity index is 1220. The number of aromatic nitrogens is 4. The van der Waals surface area contributed by atoms with Crippen molar-refractivity contribution < 1.29 is 14.3 Å². The third kappa shape index (κ3) is 3.55. The third-order valence-corrected chi connectivity index (χ3v) is 4.34. The van der Waals surface area contributed by atoms with Crippen LogP contribution in [0.15, 0.2) is 60.7 Å². The standard InChI is InChI=1S/C21H17N5O3/c1-13-12-17(14-8-4-3-5-9-14)23-21-24-18(25-26(13)21)19(27)22-16-11-7-6-10-15(16)20(28)29-2/h3-12H,1-2H3,(H,22,27). The minimum absolute atomic E-state index is 0.0505. The fraction of sp³-hybridized carbons (Fsp3) is 0.0952. The number of benzene rings is 2. The van der Waals surface area contributed by atoms with Gasteiger partial charge in [-0.2, -0.15) is 4.98 Å². The van der Waals surface area contributed by atoms with Crippen molar-refractivity contribution in [3.63, 3.8) is 0 Å². The Balaban J connectivity index is 1.68. The van der Waals surface area contributed by atoms with Crippen LogP contribution in [0.4, 0.5) is 5.69 Å². The summed E-state index contributed by atoms with van der Waals surface area (Å²) in [6.45, 7) is 1.87. The number of carbonyl (C=O) groups is 2. The van der Waals surface area contributed by atoms with Crippen molar-refractivity contribution >= 4 is 23.3 Å². The fourth-order valence-electron chi connectivity index (χ4n) is 2.92. The molecular weight excluding hydrogens is 370 g/mol. The number of nitrogens with zero attached hydrogens (tertiary/aromatic N) is 4. The first kappa shape index (κ1) is 18.3. The zero-order valence-electron chi connectivity index (χ0n) is 15.8. The van der Waals surface area contributed by atoms with Gasteiger partial charge < -0.3 is 10.1 Å². The van der Waals surface area contributed by atoms with Crippen LogP contribution in [0.1, 0.15) is 26.7 Å². The molecule has 0 aliphatic carbocycles. The molecule has 1 amide bonds. The van der Waals surface area contributed by atoms with Crippen molar-refractivity contribution in [1.82, 2.24) is 19.6 Å². The molecule has 2 aromatic carbocycles. The first-order valence-corrected chi connectivity index (χ1v) is 8.85. The van der Waals surface area contributed by atoms with E-state index in [1.54, 1.807) is 24.3 Å². The summed E-state index contributed by atoms with van der Waals surface area (Å²) in [7, 11) is 1.28. The van der Waals surface area contributed by atoms with Gasteiger partial charge in [-0.05, 0) is 25.1 Å². The van der Waals surface area contributed by atoms with Crippen LogP contribution in [0, 0.1) is 6.92 Å². The van der Waals surface area contributed by atoms with E-state index in [0.717, 1.165) is 17.0 Å². The smallest absolute Gasteiger partial charge is 0.339 e. The van der Waals surface area contributed by atoms with Crippen molar-refractivity contribution in [1.29, 1.82) is 0 Å². The predicted molar refractivity (Wildman–Crippen MR) is 107 cm³/mol. The van der Waals surface area contributed by atoms with Crippen LogP contribution in [-0.2, 0) is 4.74 Å². The van der Waals surface area contributed by atoms with E-state index in [-0.39, 0.29) is 11.4 Å². The minimum atomic E-state index is -0.549. The molecule has 0 aliphatic rings. The van der Waals surface area contributed by atoms with E-state index in [1.165, 1.54) is 11.6 Å². The van der Waals surface area contributed by atoms with Crippen LogP contribution >= 0.6 is 0 Å². The molecule has 8 nitrogen and oxygen atoms in total. The van der Waals surface area contributed by atoms with Gasteiger partial charge in [-0.1, -0.05) is 42.5 Å². The van der Waals surface area contributed by atoms with E-state index in [9.17, 15) is 9.59 Å². The molecule has 0 saturated heterocycles. The van der Waals surface area contributed by atoms with Gasteiger partial charge >= 0.3 is 5.97 Å². The Hall–Kier alpha value is -4.07. The Kier molecular flexibility index (Phi) is 4.74. The van der Waals surface area contributed by atoms with Crippen molar-refractivity contribution in [3.8, 4) is 11.3 Å². The fourth-order valence-corrected chi connectivity index (χ4v) is 2.92. The number of para-hydroxylation sites is 1. The van der Waals surface area contributed by atoms with Gasteiger partial charge in [0.2, 0.25) is 5.82 Å². The highest BCUT2D eigenvalue weighted by molar-refractivity contribution is 6.06. The van der Waals surface area contributed by atoms with Gasteiger partial charge in [0.15, 0.2) is 0 Å². The maximum atomic E-state index is 12.7. The summed E-state index contributed by atoms with van der Waals surface area (Å²) in [6, 6.07) is 18.1. The first-order chi connectivity index (χ1) is 14.1. The summed E-state index contributed by atoms with van der Waals surface area (Å²) in [4.78, 5) is 33.3. The van der Waals surface area contributed by atoms with E-state index in [2.05, 4.69) is 20.4 Å². The molecule has 29 heavy (non-hydrogen) atoms. The second-order valence-corrected chi connectivity index (χ2v) is 6.29. The van der Waals surface area contributed by atoms with Crippen molar-refractivity contribution in [2.75, 3.05) is 12.4 Å². The van der Waals surface area contributed by atoms with E-state index >= 15 is 0 Å². The van der Waals surface area contributed by atoms with E-state index < -0.39 is 11.9 Å². The maximum Gasteiger partial charge on any atom is 0.339 e. The van der Waals surface area contributed by atoms with E-state index in [0.29, 0.717) is 11.5 Å². The normalized spacial score (nSPS) is 10.7. The molecule has 0 fully saturated rings. The summed E-state index contributed by atoms with van der Waals surface area (Å²) >= 11 is 0. The number of hydrogen-bond acceptors (Lipinski definition) is 6. The number of fused-ring (bicyclic) bond motifs is 1. The molecule has 0 radical (unpaired) electrons. The topological polar surface area (TPSA) is 98.5 Å². The number of ether oxygens (including phenoxy) is 1. The summed E-state index contributed by atoms with van der Waals surface area (Å²) in [5.74, 6) is -0.831. The van der Waals surface area contributed by atoms with E-state index in [1.807, 2.05) is 43.3 Å². The molecule has 144 valence electrons. The number of rotatable bonds is 4. The molecule has 4 rings (SSSR count). The van der Waals surface area contributed by atoms with Gasteiger partial charge in [-0.25, -0.2) is 14.3 Å². The zero-order chi connectivity index (χ0) is 20.4. The zero-order valence-corrected chi connectivity index (χ0v) is 15.8. The molecule has 0 aliphatic heterocycles. The second kappa shape index (κ2) is 7.51. The summed E-state index contributed by atoms with van der Waals surface area (Å²) < 4.78 is 6.26. The van der Waals surface area contributed by atoms with Crippen molar-refractivity contribution in [2.24, 2.45) is 0 Å². The van der Waals surface area contributed by atoms with Crippen LogP contribution in [0.3, 0.4) is 0 Å². The molecule has 0 unspecified atom stereocenters. The highest BCUT2D eigenvalue weighted by Crippen LogP contribution is 2.20. The second-order valence-electron chi connectivity index (χ2n) is 6.29. The number of carbonyl (C=O) groups excluding carboxylic acids is 2. The van der Waals surface area contributed by atoms with Crippen molar-refractivity contribution in [3.05, 3.63) is 77.7 Å². The average molecular weight is 387 g/mol. The lowest BCUT2D eigenvalue weighted by molar-refractivity contribution is 0.0602. The number of amides is 1. The number of methoxy groups -OCH3 is 1. The molecule has 2 heterocycles. The monoisotopic (exact) mass is 387 g/mol. The number of esters is 1. The molecule has 0 saturated carbocycles. The van der Waals surface area contributed by atoms with Gasteiger partial charge in [0, 0.05) is 11.3 Å². The molecule has 0 atom stereocenters. The van der Waals surface area contributed by atoms with Gasteiger partial charge in [0.1, 0.15) is 0 Å². The first-order valence-electron chi connectivity index (χ1n) is 8.85. The van der Waals surface area contributed by atoms with Crippen LogP contribution in [0.2, 0.25) is 0 Å². The summed E-state index contributed by atoms with van der Waals surface area (Å²) in [5, 5.41) is 6.92. The number of nitrogens with one attached hydrogen (secondary N) is 1. The lowest BCUT2D eigenvalue weighted by Crippen LogP contribution is -2.17. The Labute approximate surface area is 166 Å². The number of aryl methyl sites for hydroxylation is 1. The Morgan fingerprint density at radius 2 is 1.72 bits per heavy atom. The SMILES string of the molecule is COC(=O)c1ccccc1NC(=O)c1nc2nc(-c3ccccc3)cc(C)n2n1. The molecule has 0 bridgehead atoms. The third-order valence-electron chi connectivity index (χ3n) is 4.34. The van der Waals surface area contributed by atoms with Gasteiger partial charge in [-0.3, -0.25) is 4.79 Å². The lowest BCUT2D eigenvalue weighted by Gasteiger charge is -2.07. The van der Waals surface area contributed by atoms with Gasteiger partial charge in [0.25, 0.3) is 11.7 Å². The average Bonchev–Trinajstić information content (AvgIpc) is 3.19. The van der Waals surface area contributed by atoms with Crippen LogP contribution in [-0.4, -0.2) is 38.6 Å². The Morgan fingerprint density at radius 1 is 1.00 bits per heavy atom. The summed E-state index contributed by atoms with van der Waals surface area (Å²) in [6.07, 6.45) is 0. The van der Waals surface area contributed by atoms with Crippen LogP contribution < -0.4 is 5.32 Å². The van der Waals surface area contributed by atoms with Crippen LogP contribution in [0.5, 0.6) is 0 Å². The molecule has 8 heteroatoms. The maximum absolute atomic E-state index is 12.7. The molecule has 2 aromatic heterocycles. The summed E-state index contributed by atoms with van der Waals surface area (Å²) in [5.41, 5.74) is 3.03. The molecule has 4 aromatic rings. The minimum Gasteiger partial charge on any atom is -0.465 e. The Morgan fingerprint density at radius 3 is 2.48 bits per heavy atom. The molecule has 0 spiro atoms. The molecule has 1 N–H and O–H groups in total. The van der Waals surface area contributed by atoms with Gasteiger partial charge in [-0.15, -0.1) is 5.10 Å². The number of hydrogen-bond donors (Lipinski definition) is 1. The lowest BCUT2D eigenvalue weighted by atomic mass is 10.1. The van der Waals surface area contributed by atoms with Gasteiger partial charge in [0.05, 0.1) is 24.1 Å². The highest BCUT2D eigenvalue weighted by atomic mass is 16.5.